The quantitative estimate of drug-likeness (QED) is 0.0780. The number of hydrogen-bond acceptors (Lipinski definition) is 6. The molecule has 0 aliphatic rings. The Hall–Kier alpha value is -0.860. The summed E-state index contributed by atoms with van der Waals surface area (Å²) in [5.74, 6) is -0.582. The van der Waals surface area contributed by atoms with Crippen LogP contribution in [-0.2, 0) is 19.6 Å². The minimum absolute atomic E-state index is 0. The molecule has 0 heterocycles. The minimum atomic E-state index is -4.39. The number of unbranched alkanes of at least 4 members (excludes halogenated alkanes) is 13. The number of ether oxygens (including phenoxy) is 2. The molecule has 1 rings (SSSR count). The van der Waals surface area contributed by atoms with Crippen molar-refractivity contribution in [1.29, 1.82) is 0 Å². The van der Waals surface area contributed by atoms with Gasteiger partial charge in [-0.2, -0.15) is 0 Å². The average Bonchev–Trinajstić information content (AvgIpc) is 2.81. The van der Waals surface area contributed by atoms with Crippen LogP contribution in [0, 0.1) is 0 Å². The van der Waals surface area contributed by atoms with Gasteiger partial charge in [-0.05, 0) is 37.1 Å². The second-order valence-electron chi connectivity index (χ2n) is 9.24. The van der Waals surface area contributed by atoms with Crippen LogP contribution in [0.3, 0.4) is 0 Å². The van der Waals surface area contributed by atoms with Gasteiger partial charge in [0, 0.05) is 5.57 Å². The largest absolute Gasteiger partial charge is 1.00 e. The molecule has 8 heteroatoms. The predicted molar refractivity (Wildman–Crippen MR) is 141 cm³/mol. The Morgan fingerprint density at radius 1 is 0.806 bits per heavy atom. The first-order valence-electron chi connectivity index (χ1n) is 13.3. The summed E-state index contributed by atoms with van der Waals surface area (Å²) in [6.45, 7) is 4.10. The van der Waals surface area contributed by atoms with Gasteiger partial charge in [-0.3, -0.25) is 0 Å². The zero-order valence-electron chi connectivity index (χ0n) is 22.8. The summed E-state index contributed by atoms with van der Waals surface area (Å²) in [6, 6.07) is 7.41. The standard InChI is InChI=1S/C28H46O6S.Na/c1-3-4-5-6-7-8-9-10-11-12-13-14-15-16-21-33-27-19-17-26(18-20-27)24-25(2)28(29)34-22-23-35(30,31)32;/h17-20,24H,3-16,21-23H2,1-2H3,(H,30,31,32);/q;+1/p-1/b25-24+;. The van der Waals surface area contributed by atoms with Crippen molar-refractivity contribution in [3.63, 3.8) is 0 Å². The predicted octanol–water partition coefficient (Wildman–Crippen LogP) is 4.04. The van der Waals surface area contributed by atoms with E-state index in [0.29, 0.717) is 12.2 Å². The molecule has 0 spiro atoms. The van der Waals surface area contributed by atoms with Crippen molar-refractivity contribution in [2.75, 3.05) is 19.0 Å². The van der Waals surface area contributed by atoms with Crippen LogP contribution in [0.25, 0.3) is 6.08 Å². The number of carbonyl (C=O) groups excluding carboxylic acids is 1. The van der Waals surface area contributed by atoms with Crippen molar-refractivity contribution in [3.05, 3.63) is 35.4 Å². The fraction of sp³-hybridized carbons (Fsp3) is 0.679. The molecule has 200 valence electrons. The van der Waals surface area contributed by atoms with Crippen LogP contribution in [-0.4, -0.2) is 37.9 Å². The van der Waals surface area contributed by atoms with Crippen molar-refractivity contribution in [2.45, 2.75) is 104 Å². The molecule has 36 heavy (non-hydrogen) atoms. The van der Waals surface area contributed by atoms with Gasteiger partial charge in [0.25, 0.3) is 0 Å². The summed E-state index contributed by atoms with van der Waals surface area (Å²) in [4.78, 5) is 11.9. The summed E-state index contributed by atoms with van der Waals surface area (Å²) in [6.07, 6.45) is 20.3. The molecule has 0 radical (unpaired) electrons. The van der Waals surface area contributed by atoms with E-state index in [1.54, 1.807) is 13.0 Å². The van der Waals surface area contributed by atoms with Gasteiger partial charge in [0.05, 0.1) is 22.5 Å². The maximum atomic E-state index is 11.9. The van der Waals surface area contributed by atoms with Crippen LogP contribution < -0.4 is 34.3 Å². The second kappa shape index (κ2) is 22.2. The Labute approximate surface area is 241 Å². The molecule has 0 fully saturated rings. The molecule has 0 saturated carbocycles. The molecule has 0 saturated heterocycles. The summed E-state index contributed by atoms with van der Waals surface area (Å²) >= 11 is 0. The van der Waals surface area contributed by atoms with Gasteiger partial charge in [-0.25, -0.2) is 13.2 Å². The van der Waals surface area contributed by atoms with Crippen molar-refractivity contribution in [2.24, 2.45) is 0 Å². The second-order valence-corrected chi connectivity index (χ2v) is 10.8. The summed E-state index contributed by atoms with van der Waals surface area (Å²) in [7, 11) is -4.39. The van der Waals surface area contributed by atoms with Crippen molar-refractivity contribution in [1.82, 2.24) is 0 Å². The topological polar surface area (TPSA) is 92.7 Å². The van der Waals surface area contributed by atoms with E-state index in [2.05, 4.69) is 6.92 Å². The van der Waals surface area contributed by atoms with Gasteiger partial charge < -0.3 is 14.0 Å². The normalized spacial score (nSPS) is 11.7. The summed E-state index contributed by atoms with van der Waals surface area (Å²) in [5, 5.41) is 0. The summed E-state index contributed by atoms with van der Waals surface area (Å²) in [5.41, 5.74) is 1.13. The molecular weight excluding hydrogens is 487 g/mol. The maximum absolute atomic E-state index is 11.9. The van der Waals surface area contributed by atoms with Gasteiger partial charge in [-0.1, -0.05) is 103 Å². The van der Waals surface area contributed by atoms with Gasteiger partial charge in [0.2, 0.25) is 0 Å². The fourth-order valence-electron chi connectivity index (χ4n) is 3.81. The van der Waals surface area contributed by atoms with E-state index >= 15 is 0 Å². The maximum Gasteiger partial charge on any atom is 1.00 e. The van der Waals surface area contributed by atoms with E-state index in [0.717, 1.165) is 17.7 Å². The molecule has 1 aromatic carbocycles. The monoisotopic (exact) mass is 532 g/mol. The van der Waals surface area contributed by atoms with Crippen LogP contribution >= 0.6 is 0 Å². The van der Waals surface area contributed by atoms with Crippen LogP contribution in [0.5, 0.6) is 5.75 Å². The van der Waals surface area contributed by atoms with E-state index in [1.165, 1.54) is 83.5 Å². The number of hydrogen-bond donors (Lipinski definition) is 0. The molecule has 0 N–H and O–H groups in total. The molecule has 0 bridgehead atoms. The van der Waals surface area contributed by atoms with E-state index in [4.69, 9.17) is 9.47 Å². The van der Waals surface area contributed by atoms with E-state index in [-0.39, 0.29) is 29.6 Å². The Morgan fingerprint density at radius 2 is 1.28 bits per heavy atom. The first-order chi connectivity index (χ1) is 16.8. The van der Waals surface area contributed by atoms with Crippen LogP contribution in [0.15, 0.2) is 29.8 Å². The molecule has 0 aromatic heterocycles. The Kier molecular flexibility index (Phi) is 21.6. The SMILES string of the molecule is CCCCCCCCCCCCCCCCOc1ccc(/C=C(\C)C(=O)OCCS(=O)(=O)[O-])cc1.[Na+]. The number of benzene rings is 1. The molecule has 0 atom stereocenters. The van der Waals surface area contributed by atoms with Crippen molar-refractivity contribution < 1.29 is 56.8 Å². The van der Waals surface area contributed by atoms with Crippen molar-refractivity contribution in [3.8, 4) is 5.75 Å². The third-order valence-electron chi connectivity index (χ3n) is 5.92. The van der Waals surface area contributed by atoms with E-state index < -0.39 is 28.4 Å². The molecule has 0 aliphatic carbocycles. The Bertz CT molecular complexity index is 821. The average molecular weight is 533 g/mol. The van der Waals surface area contributed by atoms with E-state index in [1.807, 2.05) is 24.3 Å². The van der Waals surface area contributed by atoms with Crippen molar-refractivity contribution >= 4 is 22.2 Å². The van der Waals surface area contributed by atoms with Crippen LogP contribution in [0.4, 0.5) is 0 Å². The molecular formula is C28H45NaO6S. The molecule has 0 aliphatic heterocycles. The van der Waals surface area contributed by atoms with Gasteiger partial charge in [-0.15, -0.1) is 0 Å². The van der Waals surface area contributed by atoms with Crippen LogP contribution in [0.1, 0.15) is 109 Å². The molecule has 1 aromatic rings. The minimum Gasteiger partial charge on any atom is -0.748 e. The summed E-state index contributed by atoms with van der Waals surface area (Å²) < 4.78 is 42.3. The fourth-order valence-corrected chi connectivity index (χ4v) is 4.09. The number of carbonyl (C=O) groups is 1. The molecule has 6 nitrogen and oxygen atoms in total. The van der Waals surface area contributed by atoms with Gasteiger partial charge >= 0.3 is 35.5 Å². The zero-order chi connectivity index (χ0) is 25.8. The first-order valence-corrected chi connectivity index (χ1v) is 14.9. The number of rotatable bonds is 21. The zero-order valence-corrected chi connectivity index (χ0v) is 25.6. The third kappa shape index (κ3) is 20.2. The molecule has 0 unspecified atom stereocenters. The third-order valence-corrected chi connectivity index (χ3v) is 6.59. The first kappa shape index (κ1) is 35.1. The van der Waals surface area contributed by atoms with Crippen LogP contribution in [0.2, 0.25) is 0 Å². The smallest absolute Gasteiger partial charge is 0.748 e. The van der Waals surface area contributed by atoms with E-state index in [9.17, 15) is 17.8 Å². The van der Waals surface area contributed by atoms with Gasteiger partial charge in [0.1, 0.15) is 12.4 Å². The molecule has 0 amide bonds. The Balaban J connectivity index is 0.0000122. The van der Waals surface area contributed by atoms with Gasteiger partial charge in [0.15, 0.2) is 0 Å². The number of esters is 1. The Morgan fingerprint density at radius 3 is 1.75 bits per heavy atom.